The average Bonchev–Trinajstić information content (AvgIpc) is 3.46. The van der Waals surface area contributed by atoms with Gasteiger partial charge in [0.1, 0.15) is 0 Å². The number of benzene rings is 2. The van der Waals surface area contributed by atoms with E-state index in [1.807, 2.05) is 29.6 Å². The molecule has 0 saturated heterocycles. The van der Waals surface area contributed by atoms with E-state index in [1.165, 1.54) is 5.56 Å². The Balaban J connectivity index is 1.58. The second kappa shape index (κ2) is 9.06. The van der Waals surface area contributed by atoms with Crippen LogP contribution in [-0.2, 0) is 11.2 Å². The molecule has 2 heterocycles. The number of hydrogen-bond donors (Lipinski definition) is 1. The van der Waals surface area contributed by atoms with Crippen LogP contribution in [0.3, 0.4) is 0 Å². The van der Waals surface area contributed by atoms with Crippen molar-refractivity contribution in [2.24, 2.45) is 0 Å². The smallest absolute Gasteiger partial charge is 0.252 e. The lowest BCUT2D eigenvalue weighted by molar-refractivity contribution is -0.116. The summed E-state index contributed by atoms with van der Waals surface area (Å²) in [6.45, 7) is 6.68. The molecule has 2 unspecified atom stereocenters. The minimum Gasteiger partial charge on any atom is -0.340 e. The highest BCUT2D eigenvalue weighted by molar-refractivity contribution is 7.10. The molecule has 160 valence electrons. The van der Waals surface area contributed by atoms with E-state index in [0.717, 1.165) is 34.5 Å². The topological polar surface area (TPSA) is 49.4 Å². The number of thiophene rings is 1. The molecule has 1 N–H and O–H groups in total. The Morgan fingerprint density at radius 3 is 2.48 bits per heavy atom. The van der Waals surface area contributed by atoms with Gasteiger partial charge in [-0.15, -0.1) is 11.3 Å². The van der Waals surface area contributed by atoms with E-state index in [0.29, 0.717) is 18.0 Å². The second-order valence-electron chi connectivity index (χ2n) is 8.16. The molecule has 2 amide bonds. The van der Waals surface area contributed by atoms with Gasteiger partial charge in [0.25, 0.3) is 5.91 Å². The average molecular weight is 433 g/mol. The molecule has 0 radical (unpaired) electrons. The zero-order valence-electron chi connectivity index (χ0n) is 18.2. The molecular weight excluding hydrogens is 404 g/mol. The van der Waals surface area contributed by atoms with Crippen molar-refractivity contribution in [3.63, 3.8) is 0 Å². The molecule has 4 nitrogen and oxygen atoms in total. The van der Waals surface area contributed by atoms with E-state index in [1.54, 1.807) is 23.2 Å². The van der Waals surface area contributed by atoms with Crippen molar-refractivity contribution in [2.75, 3.05) is 11.4 Å². The molecule has 0 bridgehead atoms. The summed E-state index contributed by atoms with van der Waals surface area (Å²) in [5, 5.41) is 5.27. The van der Waals surface area contributed by atoms with Crippen molar-refractivity contribution < 1.29 is 9.59 Å². The molecule has 1 aromatic heterocycles. The van der Waals surface area contributed by atoms with Gasteiger partial charge in [-0.1, -0.05) is 44.2 Å². The molecule has 0 spiro atoms. The highest BCUT2D eigenvalue weighted by Crippen LogP contribution is 2.31. The fourth-order valence-electron chi connectivity index (χ4n) is 4.11. The van der Waals surface area contributed by atoms with Crippen LogP contribution < -0.4 is 10.2 Å². The number of nitrogens with one attached hydrogen (secondary N) is 1. The highest BCUT2D eigenvalue weighted by Gasteiger charge is 2.24. The van der Waals surface area contributed by atoms with Crippen molar-refractivity contribution in [1.29, 1.82) is 0 Å². The van der Waals surface area contributed by atoms with Gasteiger partial charge < -0.3 is 10.2 Å². The third-order valence-electron chi connectivity index (χ3n) is 6.17. The minimum absolute atomic E-state index is 0.0366. The molecule has 0 saturated carbocycles. The summed E-state index contributed by atoms with van der Waals surface area (Å²) in [5.41, 5.74) is 4.98. The Morgan fingerprint density at radius 2 is 1.84 bits per heavy atom. The van der Waals surface area contributed by atoms with Crippen LogP contribution in [0.4, 0.5) is 5.69 Å². The van der Waals surface area contributed by atoms with Crippen LogP contribution in [0.25, 0.3) is 0 Å². The maximum Gasteiger partial charge on any atom is 0.252 e. The maximum absolute atomic E-state index is 13.2. The standard InChI is InChI=1S/C26H28N2O2S/c1-4-17(2)19-7-9-20(10-8-19)25(24-6-5-15-31-24)27-26(30)22-11-12-23-21(16-22)13-14-28(23)18(3)29/h5-12,15-17,25H,4,13-14H2,1-3H3,(H,27,30). The monoisotopic (exact) mass is 432 g/mol. The molecule has 2 atom stereocenters. The zero-order chi connectivity index (χ0) is 22.0. The van der Waals surface area contributed by atoms with Gasteiger partial charge in [-0.2, -0.15) is 0 Å². The fraction of sp³-hybridized carbons (Fsp3) is 0.308. The van der Waals surface area contributed by atoms with Crippen LogP contribution in [0, 0.1) is 0 Å². The van der Waals surface area contributed by atoms with E-state index >= 15 is 0 Å². The van der Waals surface area contributed by atoms with Crippen molar-refractivity contribution in [3.05, 3.63) is 87.1 Å². The van der Waals surface area contributed by atoms with E-state index in [-0.39, 0.29) is 17.9 Å². The van der Waals surface area contributed by atoms with Crippen LogP contribution in [0.5, 0.6) is 0 Å². The van der Waals surface area contributed by atoms with Crippen LogP contribution >= 0.6 is 11.3 Å². The molecular formula is C26H28N2O2S. The van der Waals surface area contributed by atoms with E-state index < -0.39 is 0 Å². The normalized spacial score (nSPS) is 14.7. The molecule has 2 aromatic carbocycles. The first-order valence-corrected chi connectivity index (χ1v) is 11.7. The van der Waals surface area contributed by atoms with Gasteiger partial charge in [-0.3, -0.25) is 9.59 Å². The third kappa shape index (κ3) is 4.42. The van der Waals surface area contributed by atoms with Gasteiger partial charge >= 0.3 is 0 Å². The summed E-state index contributed by atoms with van der Waals surface area (Å²) in [4.78, 5) is 27.8. The van der Waals surface area contributed by atoms with Gasteiger partial charge in [0, 0.05) is 29.6 Å². The Bertz CT molecular complexity index is 1070. The molecule has 3 aromatic rings. The number of fused-ring (bicyclic) bond motifs is 1. The predicted octanol–water partition coefficient (Wildman–Crippen LogP) is 5.69. The van der Waals surface area contributed by atoms with Crippen LogP contribution in [0.2, 0.25) is 0 Å². The Hall–Kier alpha value is -2.92. The predicted molar refractivity (Wildman–Crippen MR) is 127 cm³/mol. The summed E-state index contributed by atoms with van der Waals surface area (Å²) < 4.78 is 0. The quantitative estimate of drug-likeness (QED) is 0.544. The molecule has 1 aliphatic rings. The molecule has 4 rings (SSSR count). The van der Waals surface area contributed by atoms with Crippen LogP contribution in [-0.4, -0.2) is 18.4 Å². The lowest BCUT2D eigenvalue weighted by Gasteiger charge is -2.20. The first kappa shape index (κ1) is 21.3. The van der Waals surface area contributed by atoms with Gasteiger partial charge in [0.2, 0.25) is 5.91 Å². The molecule has 0 fully saturated rings. The van der Waals surface area contributed by atoms with Crippen molar-refractivity contribution in [2.45, 2.75) is 45.6 Å². The van der Waals surface area contributed by atoms with Gasteiger partial charge in [0.15, 0.2) is 0 Å². The van der Waals surface area contributed by atoms with Crippen molar-refractivity contribution in [1.82, 2.24) is 5.32 Å². The van der Waals surface area contributed by atoms with Crippen molar-refractivity contribution in [3.8, 4) is 0 Å². The second-order valence-corrected chi connectivity index (χ2v) is 9.14. The summed E-state index contributed by atoms with van der Waals surface area (Å²) in [6, 6.07) is 18.1. The largest absolute Gasteiger partial charge is 0.340 e. The van der Waals surface area contributed by atoms with Crippen molar-refractivity contribution >= 4 is 28.8 Å². The number of anilines is 1. The van der Waals surface area contributed by atoms with Crippen LogP contribution in [0.15, 0.2) is 60.0 Å². The Labute approximate surface area is 187 Å². The third-order valence-corrected chi connectivity index (χ3v) is 7.11. The number of nitrogens with zero attached hydrogens (tertiary/aromatic N) is 1. The first-order chi connectivity index (χ1) is 15.0. The van der Waals surface area contributed by atoms with Gasteiger partial charge in [-0.05, 0) is 65.1 Å². The van der Waals surface area contributed by atoms with E-state index in [4.69, 9.17) is 0 Å². The first-order valence-electron chi connectivity index (χ1n) is 10.8. The van der Waals surface area contributed by atoms with Gasteiger partial charge in [-0.25, -0.2) is 0 Å². The lowest BCUT2D eigenvalue weighted by Crippen LogP contribution is -2.29. The fourth-order valence-corrected chi connectivity index (χ4v) is 4.91. The number of rotatable bonds is 6. The van der Waals surface area contributed by atoms with Crippen LogP contribution in [0.1, 0.15) is 71.1 Å². The number of hydrogen-bond acceptors (Lipinski definition) is 3. The van der Waals surface area contributed by atoms with E-state index in [9.17, 15) is 9.59 Å². The minimum atomic E-state index is -0.194. The SMILES string of the molecule is CCC(C)c1ccc(C(NC(=O)c2ccc3c(c2)CCN3C(C)=O)c2cccs2)cc1. The number of amides is 2. The van der Waals surface area contributed by atoms with E-state index in [2.05, 4.69) is 49.5 Å². The molecule has 31 heavy (non-hydrogen) atoms. The number of carbonyl (C=O) groups is 2. The Kier molecular flexibility index (Phi) is 6.23. The maximum atomic E-state index is 13.2. The van der Waals surface area contributed by atoms with Gasteiger partial charge in [0.05, 0.1) is 6.04 Å². The number of carbonyl (C=O) groups excluding carboxylic acids is 2. The Morgan fingerprint density at radius 1 is 1.10 bits per heavy atom. The summed E-state index contributed by atoms with van der Waals surface area (Å²) >= 11 is 1.64. The summed E-state index contributed by atoms with van der Waals surface area (Å²) in [6.07, 6.45) is 1.88. The zero-order valence-corrected chi connectivity index (χ0v) is 19.0. The summed E-state index contributed by atoms with van der Waals surface area (Å²) in [5.74, 6) is 0.452. The molecule has 0 aliphatic carbocycles. The highest BCUT2D eigenvalue weighted by atomic mass is 32.1. The summed E-state index contributed by atoms with van der Waals surface area (Å²) in [7, 11) is 0. The molecule has 1 aliphatic heterocycles. The lowest BCUT2D eigenvalue weighted by atomic mass is 9.95. The molecule has 5 heteroatoms.